The van der Waals surface area contributed by atoms with E-state index in [1.54, 1.807) is 43.3 Å². The van der Waals surface area contributed by atoms with Crippen molar-refractivity contribution in [2.24, 2.45) is 0 Å². The van der Waals surface area contributed by atoms with E-state index in [1.807, 2.05) is 30.3 Å². The van der Waals surface area contributed by atoms with Gasteiger partial charge in [-0.2, -0.15) is 0 Å². The summed E-state index contributed by atoms with van der Waals surface area (Å²) < 4.78 is 28.2. The molecule has 6 heteroatoms. The number of benzene rings is 3. The normalized spacial score (nSPS) is 12.7. The second-order valence-electron chi connectivity index (χ2n) is 6.16. The highest BCUT2D eigenvalue weighted by Gasteiger charge is 2.19. The molecule has 1 atom stereocenters. The molecule has 3 aromatic rings. The molecule has 0 radical (unpaired) electrons. The van der Waals surface area contributed by atoms with Crippen molar-refractivity contribution in [1.29, 1.82) is 0 Å². The number of carbonyl (C=O) groups is 1. The Morgan fingerprint density at radius 2 is 1.65 bits per heavy atom. The molecule has 1 amide bonds. The fourth-order valence-corrected chi connectivity index (χ4v) is 4.06. The van der Waals surface area contributed by atoms with Crippen molar-refractivity contribution >= 4 is 32.4 Å². The van der Waals surface area contributed by atoms with E-state index in [4.69, 9.17) is 0 Å². The zero-order valence-corrected chi connectivity index (χ0v) is 15.4. The lowest BCUT2D eigenvalue weighted by atomic mass is 10.1. The summed E-state index contributed by atoms with van der Waals surface area (Å²) in [5.41, 5.74) is 1.40. The standard InChI is InChI=1S/C20H20N2O3S/c1-14(17-8-5-9-19(12-17)21-15(2)23)22-26(24,25)20-11-10-16-6-3-4-7-18(16)13-20/h3-14,22H,1-2H3,(H,21,23). The first-order valence-electron chi connectivity index (χ1n) is 8.24. The molecule has 0 saturated heterocycles. The highest BCUT2D eigenvalue weighted by molar-refractivity contribution is 7.89. The molecule has 0 spiro atoms. The maximum Gasteiger partial charge on any atom is 0.241 e. The quantitative estimate of drug-likeness (QED) is 0.718. The van der Waals surface area contributed by atoms with Gasteiger partial charge in [-0.25, -0.2) is 13.1 Å². The average Bonchev–Trinajstić information content (AvgIpc) is 2.60. The predicted molar refractivity (Wildman–Crippen MR) is 103 cm³/mol. The molecule has 0 heterocycles. The monoisotopic (exact) mass is 368 g/mol. The lowest BCUT2D eigenvalue weighted by Gasteiger charge is -2.16. The smallest absolute Gasteiger partial charge is 0.241 e. The molecule has 5 nitrogen and oxygen atoms in total. The lowest BCUT2D eigenvalue weighted by Crippen LogP contribution is -2.27. The second kappa shape index (κ2) is 7.27. The summed E-state index contributed by atoms with van der Waals surface area (Å²) in [6.45, 7) is 3.20. The maximum absolute atomic E-state index is 12.7. The van der Waals surface area contributed by atoms with E-state index in [1.165, 1.54) is 6.92 Å². The Labute approximate surface area is 153 Å². The van der Waals surface area contributed by atoms with Crippen LogP contribution in [0.5, 0.6) is 0 Å². The third-order valence-electron chi connectivity index (χ3n) is 4.07. The summed E-state index contributed by atoms with van der Waals surface area (Å²) >= 11 is 0. The van der Waals surface area contributed by atoms with Crippen LogP contribution >= 0.6 is 0 Å². The topological polar surface area (TPSA) is 75.3 Å². The van der Waals surface area contributed by atoms with Crippen LogP contribution < -0.4 is 10.0 Å². The Bertz CT molecular complexity index is 1060. The zero-order valence-electron chi connectivity index (χ0n) is 14.6. The molecule has 0 aliphatic carbocycles. The van der Waals surface area contributed by atoms with E-state index in [2.05, 4.69) is 10.0 Å². The summed E-state index contributed by atoms with van der Waals surface area (Å²) in [6.07, 6.45) is 0. The van der Waals surface area contributed by atoms with E-state index >= 15 is 0 Å². The number of hydrogen-bond donors (Lipinski definition) is 2. The molecule has 0 aliphatic rings. The SMILES string of the molecule is CC(=O)Nc1cccc(C(C)NS(=O)(=O)c2ccc3ccccc3c2)c1. The molecular weight excluding hydrogens is 348 g/mol. The van der Waals surface area contributed by atoms with Crippen molar-refractivity contribution in [3.8, 4) is 0 Å². The van der Waals surface area contributed by atoms with Gasteiger partial charge < -0.3 is 5.32 Å². The molecular formula is C20H20N2O3S. The summed E-state index contributed by atoms with van der Waals surface area (Å²) in [6, 6.07) is 19.4. The van der Waals surface area contributed by atoms with Crippen LogP contribution in [0.2, 0.25) is 0 Å². The fourth-order valence-electron chi connectivity index (χ4n) is 2.79. The highest BCUT2D eigenvalue weighted by atomic mass is 32.2. The molecule has 0 fully saturated rings. The first-order valence-corrected chi connectivity index (χ1v) is 9.72. The van der Waals surface area contributed by atoms with Gasteiger partial charge in [-0.3, -0.25) is 4.79 Å². The van der Waals surface area contributed by atoms with Crippen molar-refractivity contribution in [2.45, 2.75) is 24.8 Å². The lowest BCUT2D eigenvalue weighted by molar-refractivity contribution is -0.114. The largest absolute Gasteiger partial charge is 0.326 e. The minimum Gasteiger partial charge on any atom is -0.326 e. The van der Waals surface area contributed by atoms with Gasteiger partial charge in [-0.05, 0) is 47.5 Å². The summed E-state index contributed by atoms with van der Waals surface area (Å²) in [5, 5.41) is 4.56. The van der Waals surface area contributed by atoms with Crippen LogP contribution in [0.15, 0.2) is 71.6 Å². The van der Waals surface area contributed by atoms with Crippen LogP contribution in [0.3, 0.4) is 0 Å². The van der Waals surface area contributed by atoms with Gasteiger partial charge >= 0.3 is 0 Å². The first kappa shape index (κ1) is 18.1. The molecule has 0 aromatic heterocycles. The Morgan fingerprint density at radius 3 is 2.38 bits per heavy atom. The van der Waals surface area contributed by atoms with Crippen molar-refractivity contribution < 1.29 is 13.2 Å². The van der Waals surface area contributed by atoms with Crippen LogP contribution in [0.1, 0.15) is 25.5 Å². The molecule has 0 bridgehead atoms. The fraction of sp³-hybridized carbons (Fsp3) is 0.150. The van der Waals surface area contributed by atoms with Crippen LogP contribution in [0.25, 0.3) is 10.8 Å². The zero-order chi connectivity index (χ0) is 18.7. The molecule has 1 unspecified atom stereocenters. The average molecular weight is 368 g/mol. The Morgan fingerprint density at radius 1 is 0.923 bits per heavy atom. The van der Waals surface area contributed by atoms with Gasteiger partial charge in [0.1, 0.15) is 0 Å². The van der Waals surface area contributed by atoms with E-state index in [9.17, 15) is 13.2 Å². The molecule has 26 heavy (non-hydrogen) atoms. The van der Waals surface area contributed by atoms with E-state index < -0.39 is 16.1 Å². The van der Waals surface area contributed by atoms with Gasteiger partial charge in [0, 0.05) is 18.7 Å². The van der Waals surface area contributed by atoms with E-state index in [0.29, 0.717) is 5.69 Å². The highest BCUT2D eigenvalue weighted by Crippen LogP contribution is 2.22. The number of sulfonamides is 1. The summed E-state index contributed by atoms with van der Waals surface area (Å²) in [5.74, 6) is -0.174. The van der Waals surface area contributed by atoms with Crippen LogP contribution in [0, 0.1) is 0 Å². The summed E-state index contributed by atoms with van der Waals surface area (Å²) in [4.78, 5) is 11.4. The van der Waals surface area contributed by atoms with Crippen molar-refractivity contribution in [3.05, 3.63) is 72.3 Å². The number of anilines is 1. The molecule has 3 rings (SSSR count). The second-order valence-corrected chi connectivity index (χ2v) is 7.87. The third-order valence-corrected chi connectivity index (χ3v) is 5.61. The van der Waals surface area contributed by atoms with Crippen LogP contribution in [0.4, 0.5) is 5.69 Å². The molecule has 134 valence electrons. The van der Waals surface area contributed by atoms with Gasteiger partial charge in [-0.1, -0.05) is 42.5 Å². The Kier molecular flexibility index (Phi) is 5.06. The van der Waals surface area contributed by atoms with E-state index in [-0.39, 0.29) is 10.8 Å². The van der Waals surface area contributed by atoms with Gasteiger partial charge in [0.15, 0.2) is 0 Å². The van der Waals surface area contributed by atoms with Crippen LogP contribution in [-0.2, 0) is 14.8 Å². The minimum absolute atomic E-state index is 0.174. The van der Waals surface area contributed by atoms with Crippen molar-refractivity contribution in [2.75, 3.05) is 5.32 Å². The predicted octanol–water partition coefficient (Wildman–Crippen LogP) is 3.84. The minimum atomic E-state index is -3.67. The number of fused-ring (bicyclic) bond motifs is 1. The van der Waals surface area contributed by atoms with Gasteiger partial charge in [0.05, 0.1) is 4.90 Å². The van der Waals surface area contributed by atoms with Gasteiger partial charge in [-0.15, -0.1) is 0 Å². The molecule has 3 aromatic carbocycles. The first-order chi connectivity index (χ1) is 12.3. The number of hydrogen-bond acceptors (Lipinski definition) is 3. The Balaban J connectivity index is 1.85. The number of carbonyl (C=O) groups excluding carboxylic acids is 1. The third kappa shape index (κ3) is 4.09. The number of nitrogens with one attached hydrogen (secondary N) is 2. The van der Waals surface area contributed by atoms with Gasteiger partial charge in [0.2, 0.25) is 15.9 Å². The Hall–Kier alpha value is -2.70. The van der Waals surface area contributed by atoms with Gasteiger partial charge in [0.25, 0.3) is 0 Å². The maximum atomic E-state index is 12.7. The van der Waals surface area contributed by atoms with E-state index in [0.717, 1.165) is 16.3 Å². The number of amides is 1. The summed E-state index contributed by atoms with van der Waals surface area (Å²) in [7, 11) is -3.67. The number of rotatable bonds is 5. The molecule has 0 aliphatic heterocycles. The molecule has 2 N–H and O–H groups in total. The van der Waals surface area contributed by atoms with Crippen molar-refractivity contribution in [1.82, 2.24) is 4.72 Å². The van der Waals surface area contributed by atoms with Crippen molar-refractivity contribution in [3.63, 3.8) is 0 Å². The molecule has 0 saturated carbocycles. The van der Waals surface area contributed by atoms with Crippen LogP contribution in [-0.4, -0.2) is 14.3 Å².